The summed E-state index contributed by atoms with van der Waals surface area (Å²) < 4.78 is 27.2. The van der Waals surface area contributed by atoms with E-state index in [1.807, 2.05) is 6.92 Å². The normalized spacial score (nSPS) is 24.1. The van der Waals surface area contributed by atoms with Crippen LogP contribution in [-0.4, -0.2) is 53.8 Å². The first-order valence-corrected chi connectivity index (χ1v) is 7.69. The maximum absolute atomic E-state index is 12.4. The summed E-state index contributed by atoms with van der Waals surface area (Å²) in [6.45, 7) is 4.01. The highest BCUT2D eigenvalue weighted by atomic mass is 32.2. The maximum atomic E-state index is 12.4. The molecule has 18 heavy (non-hydrogen) atoms. The van der Waals surface area contributed by atoms with Crippen LogP contribution in [0.1, 0.15) is 39.5 Å². The predicted octanol–water partition coefficient (Wildman–Crippen LogP) is 0.901. The van der Waals surface area contributed by atoms with Crippen LogP contribution in [0.25, 0.3) is 0 Å². The van der Waals surface area contributed by atoms with Crippen molar-refractivity contribution in [1.82, 2.24) is 8.61 Å². The highest BCUT2D eigenvalue weighted by Gasteiger charge is 2.37. The molecule has 1 saturated heterocycles. The molecule has 1 heterocycles. The summed E-state index contributed by atoms with van der Waals surface area (Å²) in [5.41, 5.74) is 0. The van der Waals surface area contributed by atoms with Crippen LogP contribution in [0.3, 0.4) is 0 Å². The molecule has 0 radical (unpaired) electrons. The molecule has 6 nitrogen and oxygen atoms in total. The number of rotatable bonds is 5. The van der Waals surface area contributed by atoms with Gasteiger partial charge in [0.05, 0.1) is 0 Å². The van der Waals surface area contributed by atoms with Crippen molar-refractivity contribution in [3.63, 3.8) is 0 Å². The fourth-order valence-electron chi connectivity index (χ4n) is 2.33. The molecule has 106 valence electrons. The van der Waals surface area contributed by atoms with E-state index in [2.05, 4.69) is 0 Å². The molecule has 0 bridgehead atoms. The van der Waals surface area contributed by atoms with Crippen molar-refractivity contribution >= 4 is 16.2 Å². The largest absolute Gasteiger partial charge is 0.480 e. The van der Waals surface area contributed by atoms with Crippen LogP contribution in [0.5, 0.6) is 0 Å². The Hall–Kier alpha value is -0.660. The number of carboxylic acids is 1. The third-order valence-electron chi connectivity index (χ3n) is 3.51. The van der Waals surface area contributed by atoms with Crippen LogP contribution in [0.4, 0.5) is 0 Å². The van der Waals surface area contributed by atoms with E-state index in [0.717, 1.165) is 23.6 Å². The lowest BCUT2D eigenvalue weighted by molar-refractivity contribution is -0.141. The molecule has 1 aliphatic rings. The lowest BCUT2D eigenvalue weighted by Crippen LogP contribution is -2.52. The lowest BCUT2D eigenvalue weighted by atomic mass is 10.1. The number of likely N-dealkylation sites (N-methyl/N-ethyl adjacent to an activating group) is 1. The quantitative estimate of drug-likeness (QED) is 0.810. The zero-order valence-corrected chi connectivity index (χ0v) is 12.0. The summed E-state index contributed by atoms with van der Waals surface area (Å²) in [5.74, 6) is -1.10. The Morgan fingerprint density at radius 2 is 2.11 bits per heavy atom. The number of nitrogens with zero attached hydrogens (tertiary/aromatic N) is 2. The molecule has 0 spiro atoms. The fraction of sp³-hybridized carbons (Fsp3) is 0.909. The Bertz CT molecular complexity index is 396. The smallest absolute Gasteiger partial charge is 0.322 e. The Labute approximate surface area is 109 Å². The van der Waals surface area contributed by atoms with Gasteiger partial charge in [-0.1, -0.05) is 13.3 Å². The average molecular weight is 278 g/mol. The zero-order valence-electron chi connectivity index (χ0n) is 11.2. The molecule has 1 aliphatic heterocycles. The Balaban J connectivity index is 2.94. The molecule has 1 N–H and O–H groups in total. The molecular formula is C11H22N2O4S. The number of carbonyl (C=O) groups is 1. The number of aliphatic carboxylic acids is 1. The molecule has 0 amide bonds. The first-order valence-electron chi connectivity index (χ1n) is 6.30. The van der Waals surface area contributed by atoms with Crippen molar-refractivity contribution < 1.29 is 18.3 Å². The van der Waals surface area contributed by atoms with Gasteiger partial charge in [-0.2, -0.15) is 17.0 Å². The van der Waals surface area contributed by atoms with Crippen molar-refractivity contribution in [2.45, 2.75) is 51.6 Å². The minimum Gasteiger partial charge on any atom is -0.480 e. The predicted molar refractivity (Wildman–Crippen MR) is 68.4 cm³/mol. The van der Waals surface area contributed by atoms with Crippen molar-refractivity contribution in [2.75, 3.05) is 13.6 Å². The molecule has 0 aliphatic carbocycles. The first kappa shape index (κ1) is 15.4. The van der Waals surface area contributed by atoms with Gasteiger partial charge in [0.15, 0.2) is 0 Å². The third kappa shape index (κ3) is 3.02. The van der Waals surface area contributed by atoms with Gasteiger partial charge < -0.3 is 5.11 Å². The first-order chi connectivity index (χ1) is 8.32. The van der Waals surface area contributed by atoms with E-state index in [-0.39, 0.29) is 12.5 Å². The van der Waals surface area contributed by atoms with Gasteiger partial charge in [0.25, 0.3) is 10.2 Å². The third-order valence-corrected chi connectivity index (χ3v) is 5.63. The summed E-state index contributed by atoms with van der Waals surface area (Å²) in [6, 6.07) is -1.05. The molecule has 2 atom stereocenters. The number of hydrogen-bond donors (Lipinski definition) is 1. The molecule has 2 unspecified atom stereocenters. The molecule has 0 saturated carbocycles. The van der Waals surface area contributed by atoms with Gasteiger partial charge in [-0.05, 0) is 26.2 Å². The Kier molecular flexibility index (Phi) is 5.12. The van der Waals surface area contributed by atoms with Gasteiger partial charge >= 0.3 is 5.97 Å². The lowest BCUT2D eigenvalue weighted by Gasteiger charge is -2.36. The van der Waals surface area contributed by atoms with Crippen LogP contribution >= 0.6 is 0 Å². The summed E-state index contributed by atoms with van der Waals surface area (Å²) in [4.78, 5) is 11.1. The number of piperidine rings is 1. The van der Waals surface area contributed by atoms with Gasteiger partial charge in [0.2, 0.25) is 0 Å². The summed E-state index contributed by atoms with van der Waals surface area (Å²) >= 11 is 0. The second-order valence-electron chi connectivity index (χ2n) is 4.74. The number of carboxylic acid groups (broad SMARTS) is 1. The van der Waals surface area contributed by atoms with E-state index in [1.54, 1.807) is 6.92 Å². The Morgan fingerprint density at radius 3 is 2.56 bits per heavy atom. The monoisotopic (exact) mass is 278 g/mol. The average Bonchev–Trinajstić information content (AvgIpc) is 2.29. The highest BCUT2D eigenvalue weighted by molar-refractivity contribution is 7.86. The second-order valence-corrected chi connectivity index (χ2v) is 6.68. The molecular weight excluding hydrogens is 256 g/mol. The summed E-state index contributed by atoms with van der Waals surface area (Å²) in [5, 5.41) is 9.05. The maximum Gasteiger partial charge on any atom is 0.322 e. The SMILES string of the molecule is CCC(C(=O)O)N(C)S(=O)(=O)N1CCCCC1C. The van der Waals surface area contributed by atoms with E-state index in [4.69, 9.17) is 5.11 Å². The zero-order chi connectivity index (χ0) is 13.9. The second kappa shape index (κ2) is 5.99. The van der Waals surface area contributed by atoms with Crippen LogP contribution < -0.4 is 0 Å². The molecule has 7 heteroatoms. The van der Waals surface area contributed by atoms with Crippen molar-refractivity contribution in [1.29, 1.82) is 0 Å². The molecule has 0 aromatic carbocycles. The van der Waals surface area contributed by atoms with Crippen LogP contribution in [-0.2, 0) is 15.0 Å². The molecule has 1 fully saturated rings. The standard InChI is InChI=1S/C11H22N2O4S/c1-4-10(11(14)15)12(3)18(16,17)13-8-6-5-7-9(13)2/h9-10H,4-8H2,1-3H3,(H,14,15). The van der Waals surface area contributed by atoms with E-state index in [0.29, 0.717) is 6.54 Å². The fourth-order valence-corrected chi connectivity index (χ4v) is 4.14. The van der Waals surface area contributed by atoms with Crippen LogP contribution in [0.15, 0.2) is 0 Å². The van der Waals surface area contributed by atoms with E-state index >= 15 is 0 Å². The van der Waals surface area contributed by atoms with Crippen molar-refractivity contribution in [3.8, 4) is 0 Å². The van der Waals surface area contributed by atoms with Crippen molar-refractivity contribution in [3.05, 3.63) is 0 Å². The molecule has 0 aromatic rings. The van der Waals surface area contributed by atoms with Gasteiger partial charge in [0, 0.05) is 19.6 Å². The topological polar surface area (TPSA) is 77.9 Å². The van der Waals surface area contributed by atoms with Gasteiger partial charge in [0.1, 0.15) is 6.04 Å². The minimum atomic E-state index is -3.68. The highest BCUT2D eigenvalue weighted by Crippen LogP contribution is 2.23. The van der Waals surface area contributed by atoms with Gasteiger partial charge in [-0.25, -0.2) is 0 Å². The number of hydrogen-bond acceptors (Lipinski definition) is 3. The van der Waals surface area contributed by atoms with E-state index in [1.165, 1.54) is 11.4 Å². The minimum absolute atomic E-state index is 0.0579. The van der Waals surface area contributed by atoms with Crippen molar-refractivity contribution in [2.24, 2.45) is 0 Å². The summed E-state index contributed by atoms with van der Waals surface area (Å²) in [6.07, 6.45) is 2.94. The van der Waals surface area contributed by atoms with E-state index in [9.17, 15) is 13.2 Å². The molecule has 1 rings (SSSR count). The Morgan fingerprint density at radius 1 is 1.50 bits per heavy atom. The molecule has 0 aromatic heterocycles. The van der Waals surface area contributed by atoms with Gasteiger partial charge in [-0.15, -0.1) is 0 Å². The summed E-state index contributed by atoms with van der Waals surface area (Å²) in [7, 11) is -2.34. The van der Waals surface area contributed by atoms with E-state index < -0.39 is 22.2 Å². The van der Waals surface area contributed by atoms with Crippen LogP contribution in [0, 0.1) is 0 Å². The van der Waals surface area contributed by atoms with Crippen LogP contribution in [0.2, 0.25) is 0 Å². The van der Waals surface area contributed by atoms with Gasteiger partial charge in [-0.3, -0.25) is 4.79 Å².